The number of carbonyl (C=O) groups excluding carboxylic acids is 1. The molecule has 1 aliphatic heterocycles. The van der Waals surface area contributed by atoms with E-state index in [-0.39, 0.29) is 22.4 Å². The Morgan fingerprint density at radius 1 is 1.04 bits per heavy atom. The van der Waals surface area contributed by atoms with Gasteiger partial charge in [0, 0.05) is 5.41 Å². The lowest BCUT2D eigenvalue weighted by atomic mass is 9.52. The molecule has 1 spiro atoms. The van der Waals surface area contributed by atoms with Crippen LogP contribution in [0.5, 0.6) is 5.75 Å². The Morgan fingerprint density at radius 3 is 2.63 bits per heavy atom. The third-order valence-electron chi connectivity index (χ3n) is 8.99. The predicted octanol–water partition coefficient (Wildman–Crippen LogP) is 5.35. The number of carbonyl (C=O) groups is 1. The van der Waals surface area contributed by atoms with Gasteiger partial charge in [-0.1, -0.05) is 13.0 Å². The summed E-state index contributed by atoms with van der Waals surface area (Å²) in [6.45, 7) is 6.49. The van der Waals surface area contributed by atoms with E-state index in [2.05, 4.69) is 13.0 Å². The van der Waals surface area contributed by atoms with Crippen molar-refractivity contribution >= 4 is 5.97 Å². The first-order valence-corrected chi connectivity index (χ1v) is 10.8. The summed E-state index contributed by atoms with van der Waals surface area (Å²) in [5, 5.41) is 9.86. The summed E-state index contributed by atoms with van der Waals surface area (Å²) >= 11 is 0. The topological polar surface area (TPSA) is 46.5 Å². The van der Waals surface area contributed by atoms with E-state index in [1.165, 1.54) is 30.4 Å². The minimum atomic E-state index is -0.331. The highest BCUT2D eigenvalue weighted by Crippen LogP contribution is 2.67. The van der Waals surface area contributed by atoms with Crippen molar-refractivity contribution < 1.29 is 14.6 Å². The molecule has 5 rings (SSSR count). The second kappa shape index (κ2) is 5.52. The Labute approximate surface area is 162 Å². The zero-order valence-electron chi connectivity index (χ0n) is 16.9. The second-order valence-electron chi connectivity index (χ2n) is 10.6. The largest absolute Gasteiger partial charge is 0.508 e. The van der Waals surface area contributed by atoms with E-state index in [9.17, 15) is 9.90 Å². The number of aryl methyl sites for hydroxylation is 1. The van der Waals surface area contributed by atoms with Gasteiger partial charge in [0.25, 0.3) is 0 Å². The van der Waals surface area contributed by atoms with E-state index in [4.69, 9.17) is 4.74 Å². The van der Waals surface area contributed by atoms with E-state index < -0.39 is 0 Å². The molecule has 1 N–H and O–H groups in total. The van der Waals surface area contributed by atoms with Gasteiger partial charge in [-0.2, -0.15) is 0 Å². The Balaban J connectivity index is 1.47. The van der Waals surface area contributed by atoms with Gasteiger partial charge in [-0.3, -0.25) is 4.79 Å². The fraction of sp³-hybridized carbons (Fsp3) is 0.708. The molecule has 3 heteroatoms. The molecule has 0 bridgehead atoms. The highest BCUT2D eigenvalue weighted by Gasteiger charge is 2.65. The van der Waals surface area contributed by atoms with Crippen LogP contribution in [0.3, 0.4) is 0 Å². The third kappa shape index (κ3) is 2.29. The SMILES string of the molecule is CC1(C)CC[C@@]2(CCC3C4CCc5cc(O)ccc5C4CC[C@@]32C)OC1=O. The number of ether oxygens (including phenoxy) is 1. The summed E-state index contributed by atoms with van der Waals surface area (Å²) in [5.41, 5.74) is 2.37. The third-order valence-corrected chi connectivity index (χ3v) is 8.99. The Kier molecular flexibility index (Phi) is 3.59. The number of rotatable bonds is 0. The minimum Gasteiger partial charge on any atom is -0.508 e. The van der Waals surface area contributed by atoms with Crippen molar-refractivity contribution in [2.45, 2.75) is 83.7 Å². The molecular weight excluding hydrogens is 336 g/mol. The van der Waals surface area contributed by atoms with Crippen LogP contribution in [-0.2, 0) is 16.0 Å². The number of benzene rings is 1. The van der Waals surface area contributed by atoms with E-state index in [0.717, 1.165) is 32.1 Å². The van der Waals surface area contributed by atoms with Crippen LogP contribution in [0.1, 0.15) is 82.8 Å². The Hall–Kier alpha value is -1.51. The predicted molar refractivity (Wildman–Crippen MR) is 105 cm³/mol. The van der Waals surface area contributed by atoms with Crippen molar-refractivity contribution in [3.63, 3.8) is 0 Å². The molecule has 0 amide bonds. The first-order chi connectivity index (χ1) is 12.8. The minimum absolute atomic E-state index is 0.0159. The van der Waals surface area contributed by atoms with Crippen molar-refractivity contribution in [2.75, 3.05) is 0 Å². The summed E-state index contributed by atoms with van der Waals surface area (Å²) < 4.78 is 6.32. The zero-order chi connectivity index (χ0) is 19.0. The van der Waals surface area contributed by atoms with Crippen LogP contribution in [0.25, 0.3) is 0 Å². The molecular formula is C24H32O3. The number of phenols is 1. The number of esters is 1. The standard InChI is InChI=1S/C24H32O3/c1-22(2)12-13-24(27-21(22)26)11-9-20-19-6-4-15-14-16(25)5-7-17(15)18(19)8-10-23(20,24)3/h5,7,14,18-20,25H,4,6,8-13H2,1-3H3/t18?,19?,20?,23-,24+/m0/s1. The highest BCUT2D eigenvalue weighted by atomic mass is 16.6. The molecule has 1 aromatic rings. The van der Waals surface area contributed by atoms with Crippen molar-refractivity contribution in [3.8, 4) is 5.75 Å². The fourth-order valence-electron chi connectivity index (χ4n) is 7.22. The summed E-state index contributed by atoms with van der Waals surface area (Å²) in [7, 11) is 0. The van der Waals surface area contributed by atoms with Gasteiger partial charge in [-0.15, -0.1) is 0 Å². The Bertz CT molecular complexity index is 797. The van der Waals surface area contributed by atoms with Crippen LogP contribution in [-0.4, -0.2) is 16.7 Å². The van der Waals surface area contributed by atoms with Crippen LogP contribution in [0, 0.1) is 22.7 Å². The zero-order valence-corrected chi connectivity index (χ0v) is 16.9. The van der Waals surface area contributed by atoms with Crippen LogP contribution >= 0.6 is 0 Å². The average molecular weight is 369 g/mol. The molecule has 3 aliphatic carbocycles. The molecule has 0 aromatic heterocycles. The molecule has 3 fully saturated rings. The second-order valence-corrected chi connectivity index (χ2v) is 10.6. The van der Waals surface area contributed by atoms with Gasteiger partial charge >= 0.3 is 5.97 Å². The first-order valence-electron chi connectivity index (χ1n) is 10.8. The molecule has 1 saturated heterocycles. The summed E-state index contributed by atoms with van der Waals surface area (Å²) in [5.74, 6) is 2.35. The summed E-state index contributed by atoms with van der Waals surface area (Å²) in [6.07, 6.45) is 8.81. The maximum Gasteiger partial charge on any atom is 0.312 e. The normalized spacial score (nSPS) is 42.2. The first kappa shape index (κ1) is 17.6. The summed E-state index contributed by atoms with van der Waals surface area (Å²) in [4.78, 5) is 12.7. The van der Waals surface area contributed by atoms with E-state index >= 15 is 0 Å². The van der Waals surface area contributed by atoms with Crippen LogP contribution < -0.4 is 0 Å². The van der Waals surface area contributed by atoms with Gasteiger partial charge in [-0.25, -0.2) is 0 Å². The lowest BCUT2D eigenvalue weighted by Crippen LogP contribution is -2.56. The molecule has 5 atom stereocenters. The molecule has 3 unspecified atom stereocenters. The van der Waals surface area contributed by atoms with Crippen LogP contribution in [0.15, 0.2) is 18.2 Å². The lowest BCUT2D eigenvalue weighted by molar-refractivity contribution is -0.206. The highest BCUT2D eigenvalue weighted by molar-refractivity contribution is 5.77. The van der Waals surface area contributed by atoms with Crippen LogP contribution in [0.4, 0.5) is 0 Å². The molecule has 3 nitrogen and oxygen atoms in total. The van der Waals surface area contributed by atoms with Crippen molar-refractivity contribution in [3.05, 3.63) is 29.3 Å². The molecule has 27 heavy (non-hydrogen) atoms. The smallest absolute Gasteiger partial charge is 0.312 e. The van der Waals surface area contributed by atoms with E-state index in [1.807, 2.05) is 26.0 Å². The quantitative estimate of drug-likeness (QED) is 0.628. The number of hydrogen-bond acceptors (Lipinski definition) is 3. The molecule has 2 saturated carbocycles. The number of fused-ring (bicyclic) bond motifs is 6. The van der Waals surface area contributed by atoms with Gasteiger partial charge in [-0.05, 0) is 106 Å². The van der Waals surface area contributed by atoms with E-state index in [0.29, 0.717) is 23.5 Å². The van der Waals surface area contributed by atoms with Crippen molar-refractivity contribution in [2.24, 2.45) is 22.7 Å². The Morgan fingerprint density at radius 2 is 1.85 bits per heavy atom. The van der Waals surface area contributed by atoms with E-state index in [1.54, 1.807) is 0 Å². The lowest BCUT2D eigenvalue weighted by Gasteiger charge is -2.56. The fourth-order valence-corrected chi connectivity index (χ4v) is 7.22. The maximum absolute atomic E-state index is 12.7. The monoisotopic (exact) mass is 368 g/mol. The molecule has 146 valence electrons. The van der Waals surface area contributed by atoms with Gasteiger partial charge < -0.3 is 9.84 Å². The van der Waals surface area contributed by atoms with Crippen LogP contribution in [0.2, 0.25) is 0 Å². The van der Waals surface area contributed by atoms with Crippen molar-refractivity contribution in [1.82, 2.24) is 0 Å². The number of hydrogen-bond donors (Lipinski definition) is 1. The molecule has 0 radical (unpaired) electrons. The van der Waals surface area contributed by atoms with Gasteiger partial charge in [0.15, 0.2) is 0 Å². The molecule has 1 aromatic carbocycles. The van der Waals surface area contributed by atoms with Crippen molar-refractivity contribution in [1.29, 1.82) is 0 Å². The average Bonchev–Trinajstić information content (AvgIpc) is 2.91. The number of phenolic OH excluding ortho intramolecular Hbond substituents is 1. The van der Waals surface area contributed by atoms with Gasteiger partial charge in [0.2, 0.25) is 0 Å². The molecule has 4 aliphatic rings. The maximum atomic E-state index is 12.7. The van der Waals surface area contributed by atoms with Gasteiger partial charge in [0.05, 0.1) is 5.41 Å². The molecule has 1 heterocycles. The number of aromatic hydroxyl groups is 1. The summed E-state index contributed by atoms with van der Waals surface area (Å²) in [6, 6.07) is 5.99. The van der Waals surface area contributed by atoms with Gasteiger partial charge in [0.1, 0.15) is 11.4 Å².